The average molecular weight is 359 g/mol. The molecule has 4 rings (SSSR count). The monoisotopic (exact) mass is 359 g/mol. The van der Waals surface area contributed by atoms with Gasteiger partial charge in [0.1, 0.15) is 0 Å². The van der Waals surface area contributed by atoms with E-state index in [1.165, 1.54) is 5.39 Å². The van der Waals surface area contributed by atoms with Crippen LogP contribution in [0.15, 0.2) is 66.7 Å². The molecule has 2 amide bonds. The first-order valence-electron chi connectivity index (χ1n) is 9.07. The number of anilines is 2. The van der Waals surface area contributed by atoms with Crippen LogP contribution < -0.4 is 15.5 Å². The van der Waals surface area contributed by atoms with Crippen molar-refractivity contribution in [3.8, 4) is 0 Å². The van der Waals surface area contributed by atoms with E-state index in [-0.39, 0.29) is 11.8 Å². The Labute approximate surface area is 158 Å². The lowest BCUT2D eigenvalue weighted by Crippen LogP contribution is -2.47. The van der Waals surface area contributed by atoms with Gasteiger partial charge in [-0.05, 0) is 40.6 Å². The molecular weight excluding hydrogens is 338 g/mol. The molecule has 2 N–H and O–H groups in total. The minimum Gasteiger partial charge on any atom is -0.360 e. The highest BCUT2D eigenvalue weighted by Gasteiger charge is 2.16. The Bertz CT molecular complexity index is 982. The average Bonchev–Trinajstić information content (AvgIpc) is 2.68. The quantitative estimate of drug-likeness (QED) is 0.753. The van der Waals surface area contributed by atoms with Crippen LogP contribution in [-0.2, 0) is 16.0 Å². The summed E-state index contributed by atoms with van der Waals surface area (Å²) in [6, 6.07) is 21.8. The fraction of sp³-hybridized carbons (Fsp3) is 0.182. The highest BCUT2D eigenvalue weighted by atomic mass is 16.2. The molecule has 3 aromatic rings. The van der Waals surface area contributed by atoms with Crippen LogP contribution in [0.3, 0.4) is 0 Å². The summed E-state index contributed by atoms with van der Waals surface area (Å²) in [5, 5.41) is 8.06. The Morgan fingerprint density at radius 2 is 1.78 bits per heavy atom. The van der Waals surface area contributed by atoms with Gasteiger partial charge in [0.25, 0.3) is 0 Å². The van der Waals surface area contributed by atoms with E-state index < -0.39 is 0 Å². The van der Waals surface area contributed by atoms with E-state index >= 15 is 0 Å². The second-order valence-corrected chi connectivity index (χ2v) is 6.72. The number of carbonyl (C=O) groups excluding carboxylic acids is 2. The first-order valence-corrected chi connectivity index (χ1v) is 9.07. The van der Waals surface area contributed by atoms with Crippen LogP contribution in [0.25, 0.3) is 10.8 Å². The van der Waals surface area contributed by atoms with E-state index in [1.807, 2.05) is 53.4 Å². The molecule has 1 aliphatic rings. The van der Waals surface area contributed by atoms with Crippen molar-refractivity contribution in [3.63, 3.8) is 0 Å². The third kappa shape index (κ3) is 4.08. The van der Waals surface area contributed by atoms with E-state index in [2.05, 4.69) is 28.8 Å². The molecule has 0 atom stereocenters. The summed E-state index contributed by atoms with van der Waals surface area (Å²) in [5.41, 5.74) is 2.73. The number of piperazine rings is 1. The third-order valence-electron chi connectivity index (χ3n) is 4.73. The van der Waals surface area contributed by atoms with Gasteiger partial charge in [-0.15, -0.1) is 0 Å². The molecule has 3 aromatic carbocycles. The smallest absolute Gasteiger partial charge is 0.239 e. The predicted molar refractivity (Wildman–Crippen MR) is 108 cm³/mol. The zero-order chi connectivity index (χ0) is 18.6. The summed E-state index contributed by atoms with van der Waals surface area (Å²) in [7, 11) is 0. The topological polar surface area (TPSA) is 61.4 Å². The predicted octanol–water partition coefficient (Wildman–Crippen LogP) is 2.96. The summed E-state index contributed by atoms with van der Waals surface area (Å²) < 4.78 is 0. The van der Waals surface area contributed by atoms with Crippen LogP contribution in [-0.4, -0.2) is 31.4 Å². The molecular formula is C22H21N3O2. The molecule has 27 heavy (non-hydrogen) atoms. The zero-order valence-corrected chi connectivity index (χ0v) is 14.9. The summed E-state index contributed by atoms with van der Waals surface area (Å²) in [4.78, 5) is 25.9. The Morgan fingerprint density at radius 3 is 2.56 bits per heavy atom. The maximum Gasteiger partial charge on any atom is 0.239 e. The molecule has 0 aromatic heterocycles. The van der Waals surface area contributed by atoms with Crippen molar-refractivity contribution in [3.05, 3.63) is 72.3 Å². The van der Waals surface area contributed by atoms with E-state index in [4.69, 9.17) is 0 Å². The van der Waals surface area contributed by atoms with Gasteiger partial charge >= 0.3 is 0 Å². The van der Waals surface area contributed by atoms with Gasteiger partial charge in [-0.3, -0.25) is 9.59 Å². The van der Waals surface area contributed by atoms with Gasteiger partial charge in [-0.2, -0.15) is 0 Å². The SMILES string of the molecule is O=C1CN(c2ccc(NC(=O)Cc3ccc4ccccc4c3)cc2)CCN1. The van der Waals surface area contributed by atoms with E-state index in [0.717, 1.165) is 28.9 Å². The van der Waals surface area contributed by atoms with Crippen molar-refractivity contribution in [2.75, 3.05) is 29.9 Å². The molecule has 0 spiro atoms. The van der Waals surface area contributed by atoms with Gasteiger partial charge in [0, 0.05) is 24.5 Å². The molecule has 5 nitrogen and oxygen atoms in total. The fourth-order valence-corrected chi connectivity index (χ4v) is 3.35. The Hall–Kier alpha value is -3.34. The van der Waals surface area contributed by atoms with Gasteiger partial charge < -0.3 is 15.5 Å². The number of amides is 2. The van der Waals surface area contributed by atoms with Crippen LogP contribution >= 0.6 is 0 Å². The zero-order valence-electron chi connectivity index (χ0n) is 14.9. The molecule has 5 heteroatoms. The number of nitrogens with zero attached hydrogens (tertiary/aromatic N) is 1. The normalized spacial score (nSPS) is 14.1. The van der Waals surface area contributed by atoms with Crippen molar-refractivity contribution in [1.29, 1.82) is 0 Å². The minimum atomic E-state index is -0.0459. The van der Waals surface area contributed by atoms with Crippen LogP contribution in [0.4, 0.5) is 11.4 Å². The maximum atomic E-state index is 12.4. The largest absolute Gasteiger partial charge is 0.360 e. The first kappa shape index (κ1) is 17.1. The van der Waals surface area contributed by atoms with Crippen molar-refractivity contribution >= 4 is 34.0 Å². The molecule has 0 bridgehead atoms. The maximum absolute atomic E-state index is 12.4. The van der Waals surface area contributed by atoms with Gasteiger partial charge in [0.2, 0.25) is 11.8 Å². The molecule has 136 valence electrons. The summed E-state index contributed by atoms with van der Waals surface area (Å²) >= 11 is 0. The van der Waals surface area contributed by atoms with Crippen molar-refractivity contribution in [2.45, 2.75) is 6.42 Å². The molecule has 1 aliphatic heterocycles. The van der Waals surface area contributed by atoms with Gasteiger partial charge in [-0.25, -0.2) is 0 Å². The van der Waals surface area contributed by atoms with E-state index in [0.29, 0.717) is 19.5 Å². The first-order chi connectivity index (χ1) is 13.2. The lowest BCUT2D eigenvalue weighted by Gasteiger charge is -2.28. The van der Waals surface area contributed by atoms with Crippen LogP contribution in [0.2, 0.25) is 0 Å². The van der Waals surface area contributed by atoms with E-state index in [9.17, 15) is 9.59 Å². The summed E-state index contributed by atoms with van der Waals surface area (Å²) in [5.74, 6) is -0.00982. The van der Waals surface area contributed by atoms with Gasteiger partial charge in [-0.1, -0.05) is 42.5 Å². The van der Waals surface area contributed by atoms with Crippen molar-refractivity contribution in [2.24, 2.45) is 0 Å². The van der Waals surface area contributed by atoms with Crippen molar-refractivity contribution in [1.82, 2.24) is 5.32 Å². The third-order valence-corrected chi connectivity index (χ3v) is 4.73. The summed E-state index contributed by atoms with van der Waals surface area (Å²) in [6.07, 6.45) is 0.332. The number of fused-ring (bicyclic) bond motifs is 1. The Morgan fingerprint density at radius 1 is 1.00 bits per heavy atom. The number of rotatable bonds is 4. The van der Waals surface area contributed by atoms with E-state index in [1.54, 1.807) is 0 Å². The molecule has 1 fully saturated rings. The number of nitrogens with one attached hydrogen (secondary N) is 2. The molecule has 0 saturated carbocycles. The number of hydrogen-bond acceptors (Lipinski definition) is 3. The summed E-state index contributed by atoms with van der Waals surface area (Å²) in [6.45, 7) is 1.82. The molecule has 1 saturated heterocycles. The van der Waals surface area contributed by atoms with Gasteiger partial charge in [0.05, 0.1) is 13.0 Å². The molecule has 0 radical (unpaired) electrons. The molecule has 1 heterocycles. The minimum absolute atomic E-state index is 0.0361. The second-order valence-electron chi connectivity index (χ2n) is 6.72. The highest BCUT2D eigenvalue weighted by Crippen LogP contribution is 2.20. The number of benzene rings is 3. The van der Waals surface area contributed by atoms with Crippen LogP contribution in [0.5, 0.6) is 0 Å². The fourth-order valence-electron chi connectivity index (χ4n) is 3.35. The lowest BCUT2D eigenvalue weighted by molar-refractivity contribution is -0.120. The lowest BCUT2D eigenvalue weighted by atomic mass is 10.0. The van der Waals surface area contributed by atoms with Gasteiger partial charge in [0.15, 0.2) is 0 Å². The second kappa shape index (κ2) is 7.50. The molecule has 0 aliphatic carbocycles. The Balaban J connectivity index is 1.39. The molecule has 0 unspecified atom stereocenters. The highest BCUT2D eigenvalue weighted by molar-refractivity contribution is 5.93. The van der Waals surface area contributed by atoms with Crippen LogP contribution in [0, 0.1) is 0 Å². The number of hydrogen-bond donors (Lipinski definition) is 2. The standard InChI is InChI=1S/C22H21N3O2/c26-21(14-16-5-6-17-3-1-2-4-18(17)13-16)24-19-7-9-20(10-8-19)25-12-11-23-22(27)15-25/h1-10,13H,11-12,14-15H2,(H,23,27)(H,24,26). The van der Waals surface area contributed by atoms with Crippen LogP contribution in [0.1, 0.15) is 5.56 Å². The van der Waals surface area contributed by atoms with Crippen molar-refractivity contribution < 1.29 is 9.59 Å². The number of carbonyl (C=O) groups is 2. The Kier molecular flexibility index (Phi) is 4.75.